The van der Waals surface area contributed by atoms with Crippen molar-refractivity contribution in [3.63, 3.8) is 0 Å². The molecule has 6 heteroatoms. The molecule has 0 aromatic carbocycles. The van der Waals surface area contributed by atoms with Crippen molar-refractivity contribution in [2.45, 2.75) is 12.5 Å². The lowest BCUT2D eigenvalue weighted by atomic mass is 10.2. The minimum atomic E-state index is -0.281. The zero-order valence-corrected chi connectivity index (χ0v) is 8.56. The van der Waals surface area contributed by atoms with Crippen molar-refractivity contribution in [3.05, 3.63) is 22.7 Å². The average Bonchev–Trinajstić information content (AvgIpc) is 2.22. The minimum absolute atomic E-state index is 0.0335. The molecule has 0 aliphatic carbocycles. The second-order valence-corrected chi connectivity index (χ2v) is 3.08. The summed E-state index contributed by atoms with van der Waals surface area (Å²) in [7, 11) is 1.56. The van der Waals surface area contributed by atoms with Crippen molar-refractivity contribution >= 4 is 5.82 Å². The Morgan fingerprint density at radius 2 is 2.53 bits per heavy atom. The maximum atomic E-state index is 11.3. The van der Waals surface area contributed by atoms with Crippen LogP contribution < -0.4 is 10.9 Å². The van der Waals surface area contributed by atoms with Crippen molar-refractivity contribution in [1.82, 2.24) is 9.97 Å². The first-order valence-corrected chi connectivity index (χ1v) is 4.68. The molecule has 1 atom stereocenters. The van der Waals surface area contributed by atoms with Gasteiger partial charge in [-0.15, -0.1) is 0 Å². The summed E-state index contributed by atoms with van der Waals surface area (Å²) in [5, 5.41) is 11.7. The zero-order valence-electron chi connectivity index (χ0n) is 8.56. The van der Waals surface area contributed by atoms with Gasteiger partial charge in [-0.25, -0.2) is 4.98 Å². The summed E-state index contributed by atoms with van der Waals surface area (Å²) >= 11 is 0. The highest BCUT2D eigenvalue weighted by Gasteiger charge is 2.09. The number of aromatic amines is 1. The van der Waals surface area contributed by atoms with Crippen LogP contribution in [0.5, 0.6) is 0 Å². The lowest BCUT2D eigenvalue weighted by molar-refractivity contribution is 0.170. The molecule has 0 aliphatic rings. The molecule has 0 amide bonds. The van der Waals surface area contributed by atoms with Gasteiger partial charge in [0.1, 0.15) is 0 Å². The molecule has 0 aliphatic heterocycles. The topological polar surface area (TPSA) is 87.2 Å². The number of methoxy groups -OCH3 is 1. The molecule has 1 aromatic rings. The summed E-state index contributed by atoms with van der Waals surface area (Å²) in [6.45, 7) is 0.447. The molecule has 1 heterocycles. The molecule has 3 N–H and O–H groups in total. The fourth-order valence-electron chi connectivity index (χ4n) is 1.20. The smallest absolute Gasteiger partial charge is 0.290 e. The first kappa shape index (κ1) is 11.7. The van der Waals surface area contributed by atoms with Crippen LogP contribution in [0.25, 0.3) is 0 Å². The second-order valence-electron chi connectivity index (χ2n) is 3.08. The number of rotatable bonds is 6. The standard InChI is InChI=1S/C9H15N3O3/c1-15-6-7(2-5-13)12-8-9(14)11-4-3-10-8/h3-4,7,13H,2,5-6H2,1H3,(H,10,12)(H,11,14). The first-order chi connectivity index (χ1) is 7.27. The lowest BCUT2D eigenvalue weighted by Crippen LogP contribution is -2.30. The molecule has 0 radical (unpaired) electrons. The maximum Gasteiger partial charge on any atom is 0.290 e. The summed E-state index contributed by atoms with van der Waals surface area (Å²) in [4.78, 5) is 17.7. The Hall–Kier alpha value is -1.40. The Balaban J connectivity index is 2.65. The van der Waals surface area contributed by atoms with Crippen LogP contribution in [0.1, 0.15) is 6.42 Å². The molecule has 1 aromatic heterocycles. The van der Waals surface area contributed by atoms with Crippen LogP contribution in [-0.2, 0) is 4.74 Å². The normalized spacial score (nSPS) is 12.4. The van der Waals surface area contributed by atoms with Crippen molar-refractivity contribution in [1.29, 1.82) is 0 Å². The highest BCUT2D eigenvalue weighted by atomic mass is 16.5. The van der Waals surface area contributed by atoms with Crippen LogP contribution in [-0.4, -0.2) is 41.4 Å². The predicted octanol–water partition coefficient (Wildman–Crippen LogP) is -0.421. The number of H-pyrrole nitrogens is 1. The average molecular weight is 213 g/mol. The fraction of sp³-hybridized carbons (Fsp3) is 0.556. The summed E-state index contributed by atoms with van der Waals surface area (Å²) in [6.07, 6.45) is 3.46. The van der Waals surface area contributed by atoms with E-state index in [9.17, 15) is 4.79 Å². The Bertz CT molecular complexity index is 333. The third-order valence-corrected chi connectivity index (χ3v) is 1.89. The predicted molar refractivity (Wildman–Crippen MR) is 55.8 cm³/mol. The van der Waals surface area contributed by atoms with Crippen LogP contribution in [0.2, 0.25) is 0 Å². The van der Waals surface area contributed by atoms with Gasteiger partial charge in [-0.05, 0) is 6.42 Å². The van der Waals surface area contributed by atoms with Crippen LogP contribution in [0.3, 0.4) is 0 Å². The molecule has 15 heavy (non-hydrogen) atoms. The summed E-state index contributed by atoms with van der Waals surface area (Å²) in [5.74, 6) is 0.244. The van der Waals surface area contributed by atoms with Crippen molar-refractivity contribution in [3.8, 4) is 0 Å². The van der Waals surface area contributed by atoms with Gasteiger partial charge in [0.2, 0.25) is 0 Å². The number of aliphatic hydroxyl groups is 1. The van der Waals surface area contributed by atoms with Gasteiger partial charge >= 0.3 is 0 Å². The molecule has 6 nitrogen and oxygen atoms in total. The fourth-order valence-corrected chi connectivity index (χ4v) is 1.20. The van der Waals surface area contributed by atoms with Crippen LogP contribution in [0.15, 0.2) is 17.2 Å². The Morgan fingerprint density at radius 3 is 3.13 bits per heavy atom. The number of anilines is 1. The van der Waals surface area contributed by atoms with Crippen LogP contribution in [0.4, 0.5) is 5.82 Å². The number of aromatic nitrogens is 2. The summed E-state index contributed by atoms with van der Waals surface area (Å²) in [6, 6.07) is -0.115. The van der Waals surface area contributed by atoms with Gasteiger partial charge in [-0.3, -0.25) is 4.79 Å². The minimum Gasteiger partial charge on any atom is -0.396 e. The van der Waals surface area contributed by atoms with Gasteiger partial charge in [0.05, 0.1) is 12.6 Å². The van der Waals surface area contributed by atoms with Crippen molar-refractivity contribution in [2.75, 3.05) is 25.6 Å². The van der Waals surface area contributed by atoms with Gasteiger partial charge in [0, 0.05) is 26.1 Å². The van der Waals surface area contributed by atoms with E-state index in [0.29, 0.717) is 13.0 Å². The van der Waals surface area contributed by atoms with E-state index in [0.717, 1.165) is 0 Å². The molecule has 1 unspecified atom stereocenters. The monoisotopic (exact) mass is 213 g/mol. The number of aliphatic hydroxyl groups excluding tert-OH is 1. The van der Waals surface area contributed by atoms with E-state index in [1.54, 1.807) is 7.11 Å². The highest BCUT2D eigenvalue weighted by molar-refractivity contribution is 5.31. The van der Waals surface area contributed by atoms with E-state index in [1.807, 2.05) is 0 Å². The van der Waals surface area contributed by atoms with Crippen molar-refractivity contribution < 1.29 is 9.84 Å². The molecule has 0 saturated heterocycles. The molecular weight excluding hydrogens is 198 g/mol. The second kappa shape index (κ2) is 6.15. The number of hydrogen-bond donors (Lipinski definition) is 3. The van der Waals surface area contributed by atoms with Crippen LogP contribution in [0, 0.1) is 0 Å². The molecule has 84 valence electrons. The quantitative estimate of drug-likeness (QED) is 0.597. The van der Waals surface area contributed by atoms with Gasteiger partial charge in [0.15, 0.2) is 5.82 Å². The highest BCUT2D eigenvalue weighted by Crippen LogP contribution is 2.00. The molecule has 0 spiro atoms. The largest absolute Gasteiger partial charge is 0.396 e. The molecule has 0 fully saturated rings. The van der Waals surface area contributed by atoms with E-state index in [4.69, 9.17) is 9.84 Å². The SMILES string of the molecule is COCC(CCO)Nc1ncc[nH]c1=O. The molecule has 0 bridgehead atoms. The number of nitrogens with one attached hydrogen (secondary N) is 2. The summed E-state index contributed by atoms with van der Waals surface area (Å²) in [5.41, 5.74) is -0.281. The van der Waals surface area contributed by atoms with E-state index in [1.165, 1.54) is 12.4 Å². The van der Waals surface area contributed by atoms with E-state index in [2.05, 4.69) is 15.3 Å². The lowest BCUT2D eigenvalue weighted by Gasteiger charge is -2.16. The molecule has 0 saturated carbocycles. The van der Waals surface area contributed by atoms with E-state index in [-0.39, 0.29) is 24.0 Å². The Morgan fingerprint density at radius 1 is 1.73 bits per heavy atom. The molecular formula is C9H15N3O3. The van der Waals surface area contributed by atoms with E-state index < -0.39 is 0 Å². The Kier molecular flexibility index (Phi) is 4.79. The third kappa shape index (κ3) is 3.69. The van der Waals surface area contributed by atoms with Gasteiger partial charge in [-0.1, -0.05) is 0 Å². The van der Waals surface area contributed by atoms with Gasteiger partial charge in [0.25, 0.3) is 5.56 Å². The van der Waals surface area contributed by atoms with Crippen molar-refractivity contribution in [2.24, 2.45) is 0 Å². The number of ether oxygens (including phenoxy) is 1. The number of nitrogens with zero attached hydrogens (tertiary/aromatic N) is 1. The summed E-state index contributed by atoms with van der Waals surface area (Å²) < 4.78 is 4.95. The number of hydrogen-bond acceptors (Lipinski definition) is 5. The molecule has 1 rings (SSSR count). The third-order valence-electron chi connectivity index (χ3n) is 1.89. The first-order valence-electron chi connectivity index (χ1n) is 4.68. The Labute approximate surface area is 87.3 Å². The van der Waals surface area contributed by atoms with Crippen LogP contribution >= 0.6 is 0 Å². The van der Waals surface area contributed by atoms with E-state index >= 15 is 0 Å². The van der Waals surface area contributed by atoms with Gasteiger partial charge < -0.3 is 20.1 Å². The zero-order chi connectivity index (χ0) is 11.1. The maximum absolute atomic E-state index is 11.3. The van der Waals surface area contributed by atoms with Gasteiger partial charge in [-0.2, -0.15) is 0 Å².